The number of rotatable bonds is 9. The third-order valence-corrected chi connectivity index (χ3v) is 4.36. The molecule has 0 heterocycles. The van der Waals surface area contributed by atoms with Gasteiger partial charge in [0.05, 0.1) is 0 Å². The van der Waals surface area contributed by atoms with Gasteiger partial charge in [-0.15, -0.1) is 0 Å². The molecule has 0 aromatic heterocycles. The molecule has 2 rings (SSSR count). The van der Waals surface area contributed by atoms with E-state index in [4.69, 9.17) is 0 Å². The third kappa shape index (κ3) is 6.90. The van der Waals surface area contributed by atoms with Crippen LogP contribution in [-0.2, 0) is 6.42 Å². The minimum atomic E-state index is 0. The molecule has 0 bridgehead atoms. The van der Waals surface area contributed by atoms with Gasteiger partial charge in [-0.05, 0) is 54.9 Å². The van der Waals surface area contributed by atoms with Gasteiger partial charge < -0.3 is 5.11 Å². The smallest absolute Gasteiger partial charge is 0.115 e. The normalized spacial score (nSPS) is 11.7. The monoisotopic (exact) mass is 312 g/mol. The Morgan fingerprint density at radius 3 is 2.17 bits per heavy atom. The van der Waals surface area contributed by atoms with Crippen LogP contribution in [0.3, 0.4) is 0 Å². The zero-order chi connectivity index (χ0) is 15.6. The minimum absolute atomic E-state index is 0. The highest BCUT2D eigenvalue weighted by molar-refractivity contribution is 5.25. The summed E-state index contributed by atoms with van der Waals surface area (Å²) >= 11 is 0. The maximum absolute atomic E-state index is 9.29. The number of phenols is 1. The average molecular weight is 312 g/mol. The molecule has 23 heavy (non-hydrogen) atoms. The molecular weight excluding hydrogens is 280 g/mol. The van der Waals surface area contributed by atoms with Gasteiger partial charge in [0.1, 0.15) is 5.75 Å². The Morgan fingerprint density at radius 2 is 1.52 bits per heavy atom. The molecule has 0 aliphatic rings. The van der Waals surface area contributed by atoms with Crippen molar-refractivity contribution in [1.82, 2.24) is 0 Å². The molecule has 0 aliphatic heterocycles. The van der Waals surface area contributed by atoms with E-state index >= 15 is 0 Å². The highest BCUT2D eigenvalue weighted by Crippen LogP contribution is 2.27. The van der Waals surface area contributed by atoms with E-state index in [1.165, 1.54) is 49.7 Å². The SMILES string of the molecule is C.CCCC(CCCCCc1ccc(O)cc1)c1ccccc1. The zero-order valence-electron chi connectivity index (χ0n) is 13.7. The van der Waals surface area contributed by atoms with E-state index in [1.54, 1.807) is 12.1 Å². The fourth-order valence-electron chi connectivity index (χ4n) is 3.11. The molecule has 126 valence electrons. The van der Waals surface area contributed by atoms with Crippen molar-refractivity contribution in [2.24, 2.45) is 0 Å². The summed E-state index contributed by atoms with van der Waals surface area (Å²) in [5, 5.41) is 9.29. The largest absolute Gasteiger partial charge is 0.508 e. The summed E-state index contributed by atoms with van der Waals surface area (Å²) in [5.41, 5.74) is 2.83. The predicted molar refractivity (Wildman–Crippen MR) is 101 cm³/mol. The molecule has 0 saturated carbocycles. The number of aryl methyl sites for hydroxylation is 1. The molecule has 2 aromatic carbocycles. The second kappa shape index (κ2) is 10.9. The maximum Gasteiger partial charge on any atom is 0.115 e. The Hall–Kier alpha value is -1.76. The van der Waals surface area contributed by atoms with Crippen LogP contribution in [0.1, 0.15) is 69.9 Å². The van der Waals surface area contributed by atoms with Crippen LogP contribution < -0.4 is 0 Å². The minimum Gasteiger partial charge on any atom is -0.508 e. The van der Waals surface area contributed by atoms with Crippen molar-refractivity contribution in [1.29, 1.82) is 0 Å². The van der Waals surface area contributed by atoms with Crippen LogP contribution >= 0.6 is 0 Å². The van der Waals surface area contributed by atoms with E-state index in [9.17, 15) is 5.11 Å². The van der Waals surface area contributed by atoms with Gasteiger partial charge in [-0.2, -0.15) is 0 Å². The molecule has 1 atom stereocenters. The molecule has 1 unspecified atom stereocenters. The van der Waals surface area contributed by atoms with Crippen LogP contribution in [-0.4, -0.2) is 5.11 Å². The van der Waals surface area contributed by atoms with Crippen LogP contribution in [0.4, 0.5) is 0 Å². The van der Waals surface area contributed by atoms with Gasteiger partial charge in [-0.1, -0.05) is 76.1 Å². The number of hydrogen-bond donors (Lipinski definition) is 1. The molecule has 0 aliphatic carbocycles. The van der Waals surface area contributed by atoms with Crippen molar-refractivity contribution in [3.05, 3.63) is 65.7 Å². The molecule has 1 N–H and O–H groups in total. The van der Waals surface area contributed by atoms with E-state index in [-0.39, 0.29) is 7.43 Å². The maximum atomic E-state index is 9.29. The summed E-state index contributed by atoms with van der Waals surface area (Å²) in [6, 6.07) is 18.6. The van der Waals surface area contributed by atoms with Crippen molar-refractivity contribution in [3.8, 4) is 5.75 Å². The molecule has 1 heteroatoms. The lowest BCUT2D eigenvalue weighted by molar-refractivity contribution is 0.475. The Bertz CT molecular complexity index is 515. The lowest BCUT2D eigenvalue weighted by Crippen LogP contribution is -1.99. The number of aromatic hydroxyl groups is 1. The topological polar surface area (TPSA) is 20.2 Å². The van der Waals surface area contributed by atoms with E-state index in [2.05, 4.69) is 37.3 Å². The van der Waals surface area contributed by atoms with E-state index in [0.29, 0.717) is 5.75 Å². The first-order valence-corrected chi connectivity index (χ1v) is 8.62. The first kappa shape index (κ1) is 19.3. The first-order chi connectivity index (χ1) is 10.8. The highest BCUT2D eigenvalue weighted by Gasteiger charge is 2.09. The van der Waals surface area contributed by atoms with Crippen LogP contribution in [0.5, 0.6) is 5.75 Å². The van der Waals surface area contributed by atoms with Gasteiger partial charge >= 0.3 is 0 Å². The van der Waals surface area contributed by atoms with Crippen LogP contribution in [0.25, 0.3) is 0 Å². The summed E-state index contributed by atoms with van der Waals surface area (Å²) in [5.74, 6) is 1.08. The van der Waals surface area contributed by atoms with Crippen LogP contribution in [0.2, 0.25) is 0 Å². The standard InChI is InChI=1S/C21H28O.CH4/c1-2-9-19(20-12-7-4-8-13-20)11-6-3-5-10-18-14-16-21(22)17-15-18;/h4,7-8,12-17,19,22H,2-3,5-6,9-11H2,1H3;1H4. The van der Waals surface area contributed by atoms with Gasteiger partial charge in [-0.3, -0.25) is 0 Å². The van der Waals surface area contributed by atoms with Crippen molar-refractivity contribution >= 4 is 0 Å². The van der Waals surface area contributed by atoms with Crippen molar-refractivity contribution in [2.75, 3.05) is 0 Å². The Kier molecular flexibility index (Phi) is 9.12. The van der Waals surface area contributed by atoms with E-state index in [1.807, 2.05) is 12.1 Å². The van der Waals surface area contributed by atoms with Gasteiger partial charge in [0.15, 0.2) is 0 Å². The summed E-state index contributed by atoms with van der Waals surface area (Å²) in [6.45, 7) is 2.28. The van der Waals surface area contributed by atoms with Gasteiger partial charge in [0.25, 0.3) is 0 Å². The van der Waals surface area contributed by atoms with Crippen LogP contribution in [0.15, 0.2) is 54.6 Å². The number of benzene rings is 2. The molecule has 1 nitrogen and oxygen atoms in total. The number of phenolic OH excluding ortho intramolecular Hbond substituents is 1. The number of hydrogen-bond acceptors (Lipinski definition) is 1. The summed E-state index contributed by atoms with van der Waals surface area (Å²) in [7, 11) is 0. The molecule has 0 saturated heterocycles. The Labute approximate surface area is 142 Å². The fraction of sp³-hybridized carbons (Fsp3) is 0.455. The average Bonchev–Trinajstić information content (AvgIpc) is 2.56. The Balaban J connectivity index is 0.00000264. The second-order valence-corrected chi connectivity index (χ2v) is 6.16. The zero-order valence-corrected chi connectivity index (χ0v) is 13.7. The highest BCUT2D eigenvalue weighted by atomic mass is 16.3. The fourth-order valence-corrected chi connectivity index (χ4v) is 3.11. The van der Waals surface area contributed by atoms with Gasteiger partial charge in [-0.25, -0.2) is 0 Å². The van der Waals surface area contributed by atoms with E-state index < -0.39 is 0 Å². The van der Waals surface area contributed by atoms with Gasteiger partial charge in [0.2, 0.25) is 0 Å². The Morgan fingerprint density at radius 1 is 0.826 bits per heavy atom. The number of unbranched alkanes of at least 4 members (excludes halogenated alkanes) is 2. The molecular formula is C22H32O. The molecule has 0 radical (unpaired) electrons. The molecule has 0 fully saturated rings. The third-order valence-electron chi connectivity index (χ3n) is 4.36. The first-order valence-electron chi connectivity index (χ1n) is 8.62. The summed E-state index contributed by atoms with van der Waals surface area (Å²) < 4.78 is 0. The molecule has 0 amide bonds. The summed E-state index contributed by atoms with van der Waals surface area (Å²) in [4.78, 5) is 0. The predicted octanol–water partition coefficient (Wildman–Crippen LogP) is 6.72. The molecule has 0 spiro atoms. The van der Waals surface area contributed by atoms with Crippen LogP contribution in [0, 0.1) is 0 Å². The van der Waals surface area contributed by atoms with Gasteiger partial charge in [0, 0.05) is 0 Å². The summed E-state index contributed by atoms with van der Waals surface area (Å²) in [6.07, 6.45) is 8.79. The second-order valence-electron chi connectivity index (χ2n) is 6.16. The lowest BCUT2D eigenvalue weighted by Gasteiger charge is -2.16. The lowest BCUT2D eigenvalue weighted by atomic mass is 9.89. The molecule has 2 aromatic rings. The van der Waals surface area contributed by atoms with Crippen molar-refractivity contribution < 1.29 is 5.11 Å². The van der Waals surface area contributed by atoms with E-state index in [0.717, 1.165) is 12.3 Å². The quantitative estimate of drug-likeness (QED) is 0.510. The van der Waals surface area contributed by atoms with Crippen molar-refractivity contribution in [3.63, 3.8) is 0 Å². The van der Waals surface area contributed by atoms with Crippen molar-refractivity contribution in [2.45, 2.75) is 65.2 Å².